The molecule has 0 saturated carbocycles. The second kappa shape index (κ2) is 5.40. The van der Waals surface area contributed by atoms with Crippen LogP contribution in [0.2, 0.25) is 5.02 Å². The van der Waals surface area contributed by atoms with E-state index in [2.05, 4.69) is 15.9 Å². The SMILES string of the molecule is COc1ccc(C(O)c2sccc2Cl)cc1Br. The Hall–Kier alpha value is -0.550. The Labute approximate surface area is 117 Å². The molecule has 0 amide bonds. The first-order valence-corrected chi connectivity index (χ1v) is 6.93. The van der Waals surface area contributed by atoms with Crippen molar-refractivity contribution in [3.63, 3.8) is 0 Å². The Morgan fingerprint density at radius 3 is 2.71 bits per heavy atom. The largest absolute Gasteiger partial charge is 0.496 e. The minimum atomic E-state index is -0.704. The Balaban J connectivity index is 2.35. The number of hydrogen-bond acceptors (Lipinski definition) is 3. The van der Waals surface area contributed by atoms with E-state index in [1.54, 1.807) is 13.2 Å². The van der Waals surface area contributed by atoms with Crippen LogP contribution in [0.5, 0.6) is 5.75 Å². The van der Waals surface area contributed by atoms with Gasteiger partial charge >= 0.3 is 0 Å². The molecule has 90 valence electrons. The zero-order valence-electron chi connectivity index (χ0n) is 8.98. The maximum absolute atomic E-state index is 10.2. The number of aliphatic hydroxyl groups excluding tert-OH is 1. The summed E-state index contributed by atoms with van der Waals surface area (Å²) >= 11 is 10.8. The molecule has 0 aliphatic rings. The lowest BCUT2D eigenvalue weighted by Gasteiger charge is -2.12. The molecule has 5 heteroatoms. The van der Waals surface area contributed by atoms with Gasteiger partial charge in [-0.25, -0.2) is 0 Å². The van der Waals surface area contributed by atoms with Gasteiger partial charge in [0.1, 0.15) is 11.9 Å². The van der Waals surface area contributed by atoms with Crippen molar-refractivity contribution < 1.29 is 9.84 Å². The summed E-state index contributed by atoms with van der Waals surface area (Å²) in [6, 6.07) is 7.25. The van der Waals surface area contributed by atoms with Crippen LogP contribution in [0.15, 0.2) is 34.1 Å². The van der Waals surface area contributed by atoms with Gasteiger partial charge in [-0.15, -0.1) is 11.3 Å². The molecule has 0 saturated heterocycles. The van der Waals surface area contributed by atoms with Gasteiger partial charge in [-0.2, -0.15) is 0 Å². The summed E-state index contributed by atoms with van der Waals surface area (Å²) < 4.78 is 5.95. The minimum absolute atomic E-state index is 0.592. The molecule has 1 atom stereocenters. The summed E-state index contributed by atoms with van der Waals surface area (Å²) in [5, 5.41) is 12.7. The Kier molecular flexibility index (Phi) is 4.09. The molecule has 1 aromatic carbocycles. The standard InChI is InChI=1S/C12H10BrClO2S/c1-16-10-3-2-7(6-8(10)13)11(15)12-9(14)4-5-17-12/h2-6,11,15H,1H3. The van der Waals surface area contributed by atoms with Crippen molar-refractivity contribution in [3.05, 3.63) is 49.6 Å². The maximum Gasteiger partial charge on any atom is 0.133 e. The van der Waals surface area contributed by atoms with Crippen molar-refractivity contribution in [2.75, 3.05) is 7.11 Å². The second-order valence-electron chi connectivity index (χ2n) is 3.43. The summed E-state index contributed by atoms with van der Waals surface area (Å²) in [6.45, 7) is 0. The molecule has 2 nitrogen and oxygen atoms in total. The average molecular weight is 334 g/mol. The summed E-state index contributed by atoms with van der Waals surface area (Å²) in [7, 11) is 1.60. The van der Waals surface area contributed by atoms with Crippen LogP contribution in [-0.2, 0) is 0 Å². The zero-order chi connectivity index (χ0) is 12.4. The van der Waals surface area contributed by atoms with E-state index in [1.807, 2.05) is 23.6 Å². The Morgan fingerprint density at radius 2 is 2.18 bits per heavy atom. The molecule has 1 unspecified atom stereocenters. The molecule has 0 bridgehead atoms. The molecule has 1 heterocycles. The fourth-order valence-electron chi connectivity index (χ4n) is 1.50. The molecular weight excluding hydrogens is 324 g/mol. The van der Waals surface area contributed by atoms with E-state index in [0.29, 0.717) is 5.02 Å². The fraction of sp³-hybridized carbons (Fsp3) is 0.167. The van der Waals surface area contributed by atoms with Gasteiger partial charge in [-0.05, 0) is 45.1 Å². The van der Waals surface area contributed by atoms with Gasteiger partial charge in [0.2, 0.25) is 0 Å². The van der Waals surface area contributed by atoms with Crippen molar-refractivity contribution in [3.8, 4) is 5.75 Å². The predicted molar refractivity (Wildman–Crippen MR) is 74.1 cm³/mol. The third-order valence-corrected chi connectivity index (χ3v) is 4.42. The number of halogens is 2. The first-order chi connectivity index (χ1) is 8.13. The summed E-state index contributed by atoms with van der Waals surface area (Å²) in [6.07, 6.45) is -0.704. The number of hydrogen-bond donors (Lipinski definition) is 1. The highest BCUT2D eigenvalue weighted by atomic mass is 79.9. The smallest absolute Gasteiger partial charge is 0.133 e. The number of benzene rings is 1. The van der Waals surface area contributed by atoms with Crippen LogP contribution in [0.3, 0.4) is 0 Å². The van der Waals surface area contributed by atoms with Crippen molar-refractivity contribution in [2.45, 2.75) is 6.10 Å². The van der Waals surface area contributed by atoms with Gasteiger partial charge in [-0.1, -0.05) is 17.7 Å². The predicted octanol–water partition coefficient (Wildman–Crippen LogP) is 4.25. The molecule has 0 radical (unpaired) electrons. The van der Waals surface area contributed by atoms with Gasteiger partial charge in [0.15, 0.2) is 0 Å². The van der Waals surface area contributed by atoms with E-state index < -0.39 is 6.10 Å². The van der Waals surface area contributed by atoms with Crippen LogP contribution in [0.25, 0.3) is 0 Å². The molecule has 2 aromatic rings. The average Bonchev–Trinajstić information content (AvgIpc) is 2.74. The van der Waals surface area contributed by atoms with Crippen LogP contribution < -0.4 is 4.74 Å². The van der Waals surface area contributed by atoms with E-state index in [0.717, 1.165) is 20.7 Å². The summed E-state index contributed by atoms with van der Waals surface area (Å²) in [5.74, 6) is 0.734. The third kappa shape index (κ3) is 2.65. The summed E-state index contributed by atoms with van der Waals surface area (Å²) in [4.78, 5) is 0.753. The van der Waals surface area contributed by atoms with Crippen LogP contribution in [0.4, 0.5) is 0 Å². The lowest BCUT2D eigenvalue weighted by molar-refractivity contribution is 0.224. The molecule has 1 aromatic heterocycles. The molecule has 2 rings (SSSR count). The quantitative estimate of drug-likeness (QED) is 0.909. The minimum Gasteiger partial charge on any atom is -0.496 e. The van der Waals surface area contributed by atoms with Crippen LogP contribution in [0.1, 0.15) is 16.5 Å². The van der Waals surface area contributed by atoms with Crippen molar-refractivity contribution in [1.82, 2.24) is 0 Å². The number of methoxy groups -OCH3 is 1. The first-order valence-electron chi connectivity index (χ1n) is 4.88. The first kappa shape index (κ1) is 12.9. The molecule has 17 heavy (non-hydrogen) atoms. The van der Waals surface area contributed by atoms with Gasteiger partial charge < -0.3 is 9.84 Å². The highest BCUT2D eigenvalue weighted by Gasteiger charge is 2.16. The van der Waals surface area contributed by atoms with Crippen LogP contribution in [-0.4, -0.2) is 12.2 Å². The topological polar surface area (TPSA) is 29.5 Å². The number of rotatable bonds is 3. The van der Waals surface area contributed by atoms with E-state index in [-0.39, 0.29) is 0 Å². The highest BCUT2D eigenvalue weighted by Crippen LogP contribution is 2.35. The summed E-state index contributed by atoms with van der Waals surface area (Å²) in [5.41, 5.74) is 0.780. The van der Waals surface area contributed by atoms with E-state index >= 15 is 0 Å². The number of aliphatic hydroxyl groups is 1. The number of ether oxygens (including phenoxy) is 1. The molecular formula is C12H10BrClO2S. The van der Waals surface area contributed by atoms with Gasteiger partial charge in [0, 0.05) is 0 Å². The number of thiophene rings is 1. The van der Waals surface area contributed by atoms with Crippen molar-refractivity contribution in [2.24, 2.45) is 0 Å². The second-order valence-corrected chi connectivity index (χ2v) is 5.64. The molecule has 0 aliphatic heterocycles. The van der Waals surface area contributed by atoms with Gasteiger partial charge in [0.05, 0.1) is 21.5 Å². The Morgan fingerprint density at radius 1 is 1.41 bits per heavy atom. The normalized spacial score (nSPS) is 12.5. The lowest BCUT2D eigenvalue weighted by atomic mass is 10.1. The van der Waals surface area contributed by atoms with E-state index in [4.69, 9.17) is 16.3 Å². The molecule has 0 aliphatic carbocycles. The van der Waals surface area contributed by atoms with Crippen LogP contribution >= 0.6 is 38.9 Å². The Bertz CT molecular complexity index is 527. The fourth-order valence-corrected chi connectivity index (χ4v) is 3.23. The maximum atomic E-state index is 10.2. The molecule has 0 spiro atoms. The van der Waals surface area contributed by atoms with E-state index in [1.165, 1.54) is 11.3 Å². The van der Waals surface area contributed by atoms with Crippen molar-refractivity contribution in [1.29, 1.82) is 0 Å². The highest BCUT2D eigenvalue weighted by molar-refractivity contribution is 9.10. The lowest BCUT2D eigenvalue weighted by Crippen LogP contribution is -1.98. The zero-order valence-corrected chi connectivity index (χ0v) is 12.1. The van der Waals surface area contributed by atoms with Gasteiger partial charge in [0.25, 0.3) is 0 Å². The monoisotopic (exact) mass is 332 g/mol. The van der Waals surface area contributed by atoms with Crippen LogP contribution in [0, 0.1) is 0 Å². The van der Waals surface area contributed by atoms with Gasteiger partial charge in [-0.3, -0.25) is 0 Å². The van der Waals surface area contributed by atoms with E-state index in [9.17, 15) is 5.11 Å². The third-order valence-electron chi connectivity index (χ3n) is 2.38. The molecule has 1 N–H and O–H groups in total. The molecule has 0 fully saturated rings. The van der Waals surface area contributed by atoms with Crippen molar-refractivity contribution >= 4 is 38.9 Å².